The highest BCUT2D eigenvalue weighted by atomic mass is 35.5. The largest absolute Gasteiger partial charge is 0.447 e. The molecule has 174 valence electrons. The third kappa shape index (κ3) is 6.35. The third-order valence-corrected chi connectivity index (χ3v) is 5.28. The molecular formula is C26H25ClF3NO2. The molecule has 7 heteroatoms. The van der Waals surface area contributed by atoms with Gasteiger partial charge in [-0.2, -0.15) is 13.2 Å². The molecule has 3 rings (SSSR count). The predicted octanol–water partition coefficient (Wildman–Crippen LogP) is 7.22. The molecule has 0 N–H and O–H groups in total. The zero-order valence-electron chi connectivity index (χ0n) is 18.6. The Morgan fingerprint density at radius 2 is 1.61 bits per heavy atom. The smallest absolute Gasteiger partial charge is 0.416 e. The summed E-state index contributed by atoms with van der Waals surface area (Å²) in [7, 11) is 0. The summed E-state index contributed by atoms with van der Waals surface area (Å²) < 4.78 is 46.8. The zero-order valence-corrected chi connectivity index (χ0v) is 19.4. The van der Waals surface area contributed by atoms with Gasteiger partial charge in [-0.3, -0.25) is 9.78 Å². The molecule has 0 amide bonds. The number of ether oxygens (including phenoxy) is 1. The van der Waals surface area contributed by atoms with Crippen LogP contribution in [-0.2, 0) is 27.7 Å². The Kier molecular flexibility index (Phi) is 7.17. The molecule has 1 unspecified atom stereocenters. The number of rotatable bonds is 6. The van der Waals surface area contributed by atoms with Gasteiger partial charge in [0.2, 0.25) is 0 Å². The molecule has 0 radical (unpaired) electrons. The maximum atomic E-state index is 13.6. The minimum Gasteiger partial charge on any atom is -0.447 e. The van der Waals surface area contributed by atoms with E-state index in [0.29, 0.717) is 5.02 Å². The van der Waals surface area contributed by atoms with E-state index in [0.717, 1.165) is 17.7 Å². The Hall–Kier alpha value is -2.86. The lowest BCUT2D eigenvalue weighted by molar-refractivity contribution is -0.159. The van der Waals surface area contributed by atoms with Crippen molar-refractivity contribution in [2.24, 2.45) is 5.41 Å². The molecule has 33 heavy (non-hydrogen) atoms. The maximum Gasteiger partial charge on any atom is 0.416 e. The van der Waals surface area contributed by atoms with Crippen LogP contribution in [0.1, 0.15) is 49.6 Å². The lowest BCUT2D eigenvalue weighted by atomic mass is 9.82. The van der Waals surface area contributed by atoms with E-state index in [1.807, 2.05) is 51.1 Å². The topological polar surface area (TPSA) is 39.2 Å². The molecule has 0 aliphatic heterocycles. The minimum absolute atomic E-state index is 0.0795. The van der Waals surface area contributed by atoms with Crippen LogP contribution in [0.2, 0.25) is 5.02 Å². The van der Waals surface area contributed by atoms with E-state index >= 15 is 0 Å². The van der Waals surface area contributed by atoms with E-state index in [-0.39, 0.29) is 29.5 Å². The Morgan fingerprint density at radius 1 is 0.939 bits per heavy atom. The number of carbonyl (C=O) groups is 1. The van der Waals surface area contributed by atoms with Crippen LogP contribution in [-0.4, -0.2) is 11.0 Å². The number of pyridine rings is 1. The molecule has 1 atom stereocenters. The molecule has 0 aliphatic rings. The monoisotopic (exact) mass is 475 g/mol. The van der Waals surface area contributed by atoms with E-state index in [1.165, 1.54) is 18.3 Å². The Morgan fingerprint density at radius 3 is 2.18 bits per heavy atom. The predicted molar refractivity (Wildman–Crippen MR) is 122 cm³/mol. The van der Waals surface area contributed by atoms with Crippen LogP contribution in [0, 0.1) is 5.41 Å². The number of hydrogen-bond donors (Lipinski definition) is 0. The molecule has 0 aliphatic carbocycles. The fourth-order valence-corrected chi connectivity index (χ4v) is 3.71. The van der Waals surface area contributed by atoms with Crippen molar-refractivity contribution in [3.8, 4) is 0 Å². The number of benzene rings is 2. The van der Waals surface area contributed by atoms with Gasteiger partial charge < -0.3 is 4.74 Å². The van der Waals surface area contributed by atoms with Crippen LogP contribution in [0.25, 0.3) is 0 Å². The highest BCUT2D eigenvalue weighted by Gasteiger charge is 2.42. The highest BCUT2D eigenvalue weighted by molar-refractivity contribution is 6.30. The molecule has 1 aromatic heterocycles. The molecule has 0 fully saturated rings. The average Bonchev–Trinajstić information content (AvgIpc) is 2.72. The first-order valence-corrected chi connectivity index (χ1v) is 10.8. The molecular weight excluding hydrogens is 451 g/mol. The van der Waals surface area contributed by atoms with Gasteiger partial charge in [-0.1, -0.05) is 74.8 Å². The molecule has 0 saturated carbocycles. The summed E-state index contributed by atoms with van der Waals surface area (Å²) in [5, 5.41) is 0.359. The number of nitrogens with zero attached hydrogens (tertiary/aromatic N) is 1. The van der Waals surface area contributed by atoms with Crippen LogP contribution < -0.4 is 0 Å². The van der Waals surface area contributed by atoms with Crippen LogP contribution >= 0.6 is 11.6 Å². The van der Waals surface area contributed by atoms with Crippen LogP contribution in [0.4, 0.5) is 13.2 Å². The van der Waals surface area contributed by atoms with Gasteiger partial charge in [0.1, 0.15) is 0 Å². The molecule has 1 heterocycles. The van der Waals surface area contributed by atoms with Gasteiger partial charge in [0.05, 0.1) is 22.7 Å². The van der Waals surface area contributed by atoms with Gasteiger partial charge >= 0.3 is 12.1 Å². The van der Waals surface area contributed by atoms with Crippen molar-refractivity contribution in [2.45, 2.75) is 45.4 Å². The first-order chi connectivity index (χ1) is 15.4. The summed E-state index contributed by atoms with van der Waals surface area (Å²) in [6, 6.07) is 17.1. The van der Waals surface area contributed by atoms with Gasteiger partial charge in [-0.05, 0) is 35.2 Å². The van der Waals surface area contributed by atoms with Crippen molar-refractivity contribution in [3.63, 3.8) is 0 Å². The van der Waals surface area contributed by atoms with E-state index in [9.17, 15) is 18.0 Å². The minimum atomic E-state index is -4.56. The molecule has 3 nitrogen and oxygen atoms in total. The normalized spacial score (nSPS) is 13.9. The quantitative estimate of drug-likeness (QED) is 0.353. The first kappa shape index (κ1) is 24.8. The number of halogens is 4. The Balaban J connectivity index is 2.24. The van der Waals surface area contributed by atoms with Crippen molar-refractivity contribution < 1.29 is 22.7 Å². The molecule has 0 spiro atoms. The summed E-state index contributed by atoms with van der Waals surface area (Å²) in [6.45, 7) is 5.66. The summed E-state index contributed by atoms with van der Waals surface area (Å²) in [5.74, 6) is -0.535. The lowest BCUT2D eigenvalue weighted by Crippen LogP contribution is -2.38. The second-order valence-corrected chi connectivity index (χ2v) is 9.58. The van der Waals surface area contributed by atoms with E-state index in [4.69, 9.17) is 16.3 Å². The number of esters is 1. The molecule has 2 aromatic carbocycles. The van der Waals surface area contributed by atoms with E-state index < -0.39 is 23.3 Å². The van der Waals surface area contributed by atoms with Crippen LogP contribution in [0.15, 0.2) is 72.9 Å². The molecule has 3 aromatic rings. The third-order valence-electron chi connectivity index (χ3n) is 5.06. The lowest BCUT2D eigenvalue weighted by Gasteiger charge is -2.35. The van der Waals surface area contributed by atoms with Crippen LogP contribution in [0.5, 0.6) is 0 Å². The summed E-state index contributed by atoms with van der Waals surface area (Å²) >= 11 is 6.03. The zero-order chi connectivity index (χ0) is 24.3. The summed E-state index contributed by atoms with van der Waals surface area (Å²) in [4.78, 5) is 17.4. The fraction of sp³-hybridized carbons (Fsp3) is 0.308. The summed E-state index contributed by atoms with van der Waals surface area (Å²) in [5.41, 5.74) is -1.56. The second-order valence-electron chi connectivity index (χ2n) is 9.14. The standard InChI is InChI=1S/C26H25ClF3NO2/c1-24(2,3)16-23(32)33-25(15-18-8-5-4-6-9-18,22-13-12-21(27)17-31-22)19-10-7-11-20(14-19)26(28,29)30/h4-14,17H,15-16H2,1-3H3. The fourth-order valence-electron chi connectivity index (χ4n) is 3.60. The van der Waals surface area contributed by atoms with E-state index in [1.54, 1.807) is 12.1 Å². The van der Waals surface area contributed by atoms with Gasteiger partial charge in [-0.25, -0.2) is 0 Å². The molecule has 0 bridgehead atoms. The Bertz CT molecular complexity index is 1090. The van der Waals surface area contributed by atoms with Crippen molar-refractivity contribution in [1.29, 1.82) is 0 Å². The van der Waals surface area contributed by atoms with Crippen molar-refractivity contribution in [3.05, 3.63) is 100 Å². The number of alkyl halides is 3. The van der Waals surface area contributed by atoms with Crippen molar-refractivity contribution in [2.75, 3.05) is 0 Å². The first-order valence-electron chi connectivity index (χ1n) is 10.4. The van der Waals surface area contributed by atoms with Gasteiger partial charge in [0.25, 0.3) is 0 Å². The number of carbonyl (C=O) groups excluding carboxylic acids is 1. The maximum absolute atomic E-state index is 13.6. The average molecular weight is 476 g/mol. The number of hydrogen-bond acceptors (Lipinski definition) is 3. The van der Waals surface area contributed by atoms with Gasteiger partial charge in [0.15, 0.2) is 5.60 Å². The second kappa shape index (κ2) is 9.56. The number of aromatic nitrogens is 1. The Labute approximate surface area is 196 Å². The highest BCUT2D eigenvalue weighted by Crippen LogP contribution is 2.40. The SMILES string of the molecule is CC(C)(C)CC(=O)OC(Cc1ccccc1)(c1cccc(C(F)(F)F)c1)c1ccc(Cl)cn1. The van der Waals surface area contributed by atoms with Crippen molar-refractivity contribution >= 4 is 17.6 Å². The summed E-state index contributed by atoms with van der Waals surface area (Å²) in [6.07, 6.45) is -2.99. The van der Waals surface area contributed by atoms with Gasteiger partial charge in [0, 0.05) is 18.2 Å². The molecule has 0 saturated heterocycles. The van der Waals surface area contributed by atoms with E-state index in [2.05, 4.69) is 4.98 Å². The van der Waals surface area contributed by atoms with Crippen molar-refractivity contribution in [1.82, 2.24) is 4.98 Å². The van der Waals surface area contributed by atoms with Crippen LogP contribution in [0.3, 0.4) is 0 Å². The van der Waals surface area contributed by atoms with Gasteiger partial charge in [-0.15, -0.1) is 0 Å².